The first-order valence-corrected chi connectivity index (χ1v) is 5.65. The van der Waals surface area contributed by atoms with Crippen molar-refractivity contribution in [1.82, 2.24) is 0 Å². The largest absolute Gasteiger partial charge is 0.0816 e. The molecular formula is C12H18. The second kappa shape index (κ2) is 2.61. The summed E-state index contributed by atoms with van der Waals surface area (Å²) in [7, 11) is 0. The van der Waals surface area contributed by atoms with Crippen LogP contribution >= 0.6 is 0 Å². The molecule has 3 aliphatic rings. The van der Waals surface area contributed by atoms with Crippen molar-refractivity contribution in [3.05, 3.63) is 11.6 Å². The van der Waals surface area contributed by atoms with E-state index in [4.69, 9.17) is 0 Å². The number of rotatable bonds is 1. The maximum Gasteiger partial charge on any atom is -0.0195 e. The molecule has 0 aromatic rings. The molecule has 3 rings (SSSR count). The average Bonchev–Trinajstić information content (AvgIpc) is 2.81. The van der Waals surface area contributed by atoms with Crippen LogP contribution in [0.15, 0.2) is 11.6 Å². The van der Waals surface area contributed by atoms with Crippen LogP contribution in [0.25, 0.3) is 0 Å². The molecule has 0 heterocycles. The topological polar surface area (TPSA) is 0 Å². The number of fused-ring (bicyclic) bond motifs is 2. The lowest BCUT2D eigenvalue weighted by Crippen LogP contribution is -2.06. The van der Waals surface area contributed by atoms with Gasteiger partial charge < -0.3 is 0 Å². The Hall–Kier alpha value is -0.260. The second-order valence-corrected chi connectivity index (χ2v) is 4.92. The highest BCUT2D eigenvalue weighted by atomic mass is 14.4. The number of allylic oxidation sites excluding steroid dienone is 2. The molecule has 0 aliphatic heterocycles. The third-order valence-electron chi connectivity index (χ3n) is 4.20. The first-order chi connectivity index (χ1) is 5.93. The van der Waals surface area contributed by atoms with Gasteiger partial charge in [0, 0.05) is 0 Å². The molecule has 0 N–H and O–H groups in total. The SMILES string of the molecule is C1=C(C2CCCC2)C2CCC1C2. The summed E-state index contributed by atoms with van der Waals surface area (Å²) in [4.78, 5) is 0. The summed E-state index contributed by atoms with van der Waals surface area (Å²) in [6, 6.07) is 0. The fraction of sp³-hybridized carbons (Fsp3) is 0.833. The molecule has 66 valence electrons. The van der Waals surface area contributed by atoms with Gasteiger partial charge in [-0.05, 0) is 49.9 Å². The Labute approximate surface area is 75.0 Å². The Morgan fingerprint density at radius 2 is 1.75 bits per heavy atom. The van der Waals surface area contributed by atoms with Crippen LogP contribution in [-0.2, 0) is 0 Å². The molecule has 2 unspecified atom stereocenters. The smallest absolute Gasteiger partial charge is 0.0195 e. The lowest BCUT2D eigenvalue weighted by molar-refractivity contribution is 0.525. The van der Waals surface area contributed by atoms with Crippen LogP contribution in [0, 0.1) is 17.8 Å². The highest BCUT2D eigenvalue weighted by Crippen LogP contribution is 2.49. The molecule has 0 nitrogen and oxygen atoms in total. The van der Waals surface area contributed by atoms with Crippen molar-refractivity contribution in [1.29, 1.82) is 0 Å². The molecular weight excluding hydrogens is 144 g/mol. The molecule has 2 fully saturated rings. The van der Waals surface area contributed by atoms with Gasteiger partial charge in [-0.15, -0.1) is 0 Å². The van der Waals surface area contributed by atoms with Crippen LogP contribution in [0.1, 0.15) is 44.9 Å². The van der Waals surface area contributed by atoms with E-state index in [9.17, 15) is 0 Å². The van der Waals surface area contributed by atoms with Crippen LogP contribution in [0.2, 0.25) is 0 Å². The summed E-state index contributed by atoms with van der Waals surface area (Å²) in [5.74, 6) is 3.07. The van der Waals surface area contributed by atoms with Crippen molar-refractivity contribution < 1.29 is 0 Å². The van der Waals surface area contributed by atoms with E-state index in [1.165, 1.54) is 44.9 Å². The van der Waals surface area contributed by atoms with Crippen molar-refractivity contribution in [2.24, 2.45) is 17.8 Å². The van der Waals surface area contributed by atoms with Gasteiger partial charge in [-0.1, -0.05) is 24.5 Å². The molecule has 2 bridgehead atoms. The maximum atomic E-state index is 2.64. The van der Waals surface area contributed by atoms with Crippen LogP contribution in [0.5, 0.6) is 0 Å². The van der Waals surface area contributed by atoms with Gasteiger partial charge in [0.1, 0.15) is 0 Å². The monoisotopic (exact) mass is 162 g/mol. The number of hydrogen-bond acceptors (Lipinski definition) is 0. The van der Waals surface area contributed by atoms with Gasteiger partial charge in [0.05, 0.1) is 0 Å². The molecule has 0 spiro atoms. The van der Waals surface area contributed by atoms with E-state index in [0.717, 1.165) is 17.8 Å². The lowest BCUT2D eigenvalue weighted by atomic mass is 9.87. The lowest BCUT2D eigenvalue weighted by Gasteiger charge is -2.19. The Kier molecular flexibility index (Phi) is 1.56. The summed E-state index contributed by atoms with van der Waals surface area (Å²) >= 11 is 0. The van der Waals surface area contributed by atoms with E-state index in [-0.39, 0.29) is 0 Å². The highest BCUT2D eigenvalue weighted by Gasteiger charge is 2.36. The Morgan fingerprint density at radius 3 is 2.33 bits per heavy atom. The molecule has 0 radical (unpaired) electrons. The zero-order valence-corrected chi connectivity index (χ0v) is 7.76. The molecule has 2 saturated carbocycles. The summed E-state index contributed by atoms with van der Waals surface area (Å²) in [6.07, 6.45) is 13.2. The van der Waals surface area contributed by atoms with Crippen LogP contribution in [0.4, 0.5) is 0 Å². The molecule has 0 amide bonds. The normalized spacial score (nSPS) is 40.8. The van der Waals surface area contributed by atoms with Gasteiger partial charge in [-0.3, -0.25) is 0 Å². The van der Waals surface area contributed by atoms with E-state index in [0.29, 0.717) is 0 Å². The fourth-order valence-corrected chi connectivity index (χ4v) is 3.61. The quantitative estimate of drug-likeness (QED) is 0.517. The summed E-state index contributed by atoms with van der Waals surface area (Å²) < 4.78 is 0. The molecule has 0 aromatic heterocycles. The average molecular weight is 162 g/mol. The van der Waals surface area contributed by atoms with Crippen LogP contribution in [0.3, 0.4) is 0 Å². The Bertz CT molecular complexity index is 208. The van der Waals surface area contributed by atoms with Gasteiger partial charge in [0.15, 0.2) is 0 Å². The van der Waals surface area contributed by atoms with Crippen molar-refractivity contribution in [2.75, 3.05) is 0 Å². The summed E-state index contributed by atoms with van der Waals surface area (Å²) in [6.45, 7) is 0. The van der Waals surface area contributed by atoms with Gasteiger partial charge in [0.25, 0.3) is 0 Å². The minimum absolute atomic E-state index is 1.01. The van der Waals surface area contributed by atoms with Gasteiger partial charge in [-0.2, -0.15) is 0 Å². The standard InChI is InChI=1S/C12H18/c1-2-4-10(3-1)12-8-9-5-6-11(12)7-9/h8-11H,1-7H2. The van der Waals surface area contributed by atoms with Gasteiger partial charge in [0.2, 0.25) is 0 Å². The first-order valence-electron chi connectivity index (χ1n) is 5.65. The summed E-state index contributed by atoms with van der Waals surface area (Å²) in [5, 5.41) is 0. The van der Waals surface area contributed by atoms with E-state index < -0.39 is 0 Å². The van der Waals surface area contributed by atoms with Crippen molar-refractivity contribution in [2.45, 2.75) is 44.9 Å². The molecule has 0 saturated heterocycles. The fourth-order valence-electron chi connectivity index (χ4n) is 3.61. The zero-order valence-electron chi connectivity index (χ0n) is 7.76. The highest BCUT2D eigenvalue weighted by molar-refractivity contribution is 5.22. The Balaban J connectivity index is 1.80. The molecule has 2 atom stereocenters. The van der Waals surface area contributed by atoms with Crippen molar-refractivity contribution >= 4 is 0 Å². The minimum atomic E-state index is 1.01. The van der Waals surface area contributed by atoms with Gasteiger partial charge >= 0.3 is 0 Å². The maximum absolute atomic E-state index is 2.64. The number of hydrogen-bond donors (Lipinski definition) is 0. The van der Waals surface area contributed by atoms with E-state index in [1.54, 1.807) is 0 Å². The minimum Gasteiger partial charge on any atom is -0.0816 e. The summed E-state index contributed by atoms with van der Waals surface area (Å²) in [5.41, 5.74) is 1.89. The predicted octanol–water partition coefficient (Wildman–Crippen LogP) is 3.53. The zero-order chi connectivity index (χ0) is 7.97. The first kappa shape index (κ1) is 7.17. The molecule has 0 aromatic carbocycles. The second-order valence-electron chi connectivity index (χ2n) is 4.92. The van der Waals surface area contributed by atoms with E-state index in [2.05, 4.69) is 6.08 Å². The Morgan fingerprint density at radius 1 is 0.917 bits per heavy atom. The van der Waals surface area contributed by atoms with Crippen LogP contribution in [-0.4, -0.2) is 0 Å². The molecule has 12 heavy (non-hydrogen) atoms. The van der Waals surface area contributed by atoms with Gasteiger partial charge in [-0.25, -0.2) is 0 Å². The molecule has 0 heteroatoms. The van der Waals surface area contributed by atoms with Crippen molar-refractivity contribution in [3.63, 3.8) is 0 Å². The third kappa shape index (κ3) is 0.967. The van der Waals surface area contributed by atoms with E-state index in [1.807, 2.05) is 5.57 Å². The predicted molar refractivity (Wildman–Crippen MR) is 50.9 cm³/mol. The van der Waals surface area contributed by atoms with E-state index >= 15 is 0 Å². The van der Waals surface area contributed by atoms with Crippen molar-refractivity contribution in [3.8, 4) is 0 Å². The molecule has 3 aliphatic carbocycles. The third-order valence-corrected chi connectivity index (χ3v) is 4.20. The van der Waals surface area contributed by atoms with Crippen LogP contribution < -0.4 is 0 Å².